The molecule has 0 spiro atoms. The number of ether oxygens (including phenoxy) is 1. The van der Waals surface area contributed by atoms with Gasteiger partial charge in [-0.2, -0.15) is 10.1 Å². The van der Waals surface area contributed by atoms with E-state index in [9.17, 15) is 0 Å². The smallest absolute Gasteiger partial charge is 0.227 e. The lowest BCUT2D eigenvalue weighted by atomic mass is 10.1. The molecule has 1 unspecified atom stereocenters. The first kappa shape index (κ1) is 26.0. The number of benzene rings is 2. The highest BCUT2D eigenvalue weighted by Gasteiger charge is 2.25. The molecule has 0 bridgehead atoms. The van der Waals surface area contributed by atoms with Crippen LogP contribution in [0.4, 0.5) is 17.5 Å². The van der Waals surface area contributed by atoms with Crippen molar-refractivity contribution in [1.29, 1.82) is 0 Å². The zero-order valence-electron chi connectivity index (χ0n) is 22.3. The molecule has 1 atom stereocenters. The van der Waals surface area contributed by atoms with E-state index in [1.807, 2.05) is 36.5 Å². The first-order valence-corrected chi connectivity index (χ1v) is 14.1. The minimum atomic E-state index is -0.0617. The van der Waals surface area contributed by atoms with Crippen LogP contribution in [0.2, 0.25) is 5.02 Å². The van der Waals surface area contributed by atoms with Gasteiger partial charge in [0.05, 0.1) is 24.9 Å². The monoisotopic (exact) mass is 546 g/mol. The summed E-state index contributed by atoms with van der Waals surface area (Å²) in [6, 6.07) is 16.0. The SMILES string of the molecule is CN1CCN(CCCn2ncc3ccc(C4CN(c5nccc(Nc6ccc(Cl)cc6)n5)CCO4)cc32)CC1. The second kappa shape index (κ2) is 11.9. The first-order chi connectivity index (χ1) is 19.1. The van der Waals surface area contributed by atoms with Crippen LogP contribution in [0.25, 0.3) is 10.9 Å². The molecule has 2 saturated heterocycles. The van der Waals surface area contributed by atoms with Crippen molar-refractivity contribution in [1.82, 2.24) is 29.5 Å². The predicted octanol–water partition coefficient (Wildman–Crippen LogP) is 4.44. The maximum absolute atomic E-state index is 6.22. The minimum absolute atomic E-state index is 0.0617. The Morgan fingerprint density at radius 3 is 2.69 bits per heavy atom. The molecule has 39 heavy (non-hydrogen) atoms. The molecule has 10 heteroatoms. The van der Waals surface area contributed by atoms with Crippen molar-refractivity contribution in [2.75, 3.05) is 69.7 Å². The molecule has 2 aromatic heterocycles. The third-order valence-electron chi connectivity index (χ3n) is 7.59. The molecule has 2 aliphatic rings. The summed E-state index contributed by atoms with van der Waals surface area (Å²) >= 11 is 6.02. The molecule has 9 nitrogen and oxygen atoms in total. The summed E-state index contributed by atoms with van der Waals surface area (Å²) in [4.78, 5) is 16.5. The van der Waals surface area contributed by atoms with Gasteiger partial charge in [0.1, 0.15) is 11.9 Å². The van der Waals surface area contributed by atoms with Crippen molar-refractivity contribution in [2.45, 2.75) is 19.1 Å². The largest absolute Gasteiger partial charge is 0.370 e. The Morgan fingerprint density at radius 1 is 1.00 bits per heavy atom. The quantitative estimate of drug-likeness (QED) is 0.348. The van der Waals surface area contributed by atoms with Gasteiger partial charge >= 0.3 is 0 Å². The average molecular weight is 547 g/mol. The number of nitrogens with one attached hydrogen (secondary N) is 1. The van der Waals surface area contributed by atoms with Gasteiger partial charge in [-0.1, -0.05) is 23.7 Å². The average Bonchev–Trinajstić information content (AvgIpc) is 3.38. The number of likely N-dealkylation sites (N-methyl/N-ethyl adjacent to an activating group) is 1. The van der Waals surface area contributed by atoms with Crippen LogP contribution in [0.3, 0.4) is 0 Å². The number of morpholine rings is 1. The van der Waals surface area contributed by atoms with E-state index < -0.39 is 0 Å². The topological polar surface area (TPSA) is 74.6 Å². The van der Waals surface area contributed by atoms with Crippen LogP contribution < -0.4 is 10.2 Å². The van der Waals surface area contributed by atoms with E-state index in [1.54, 1.807) is 6.20 Å². The Bertz CT molecular complexity index is 1390. The Kier molecular flexibility index (Phi) is 7.92. The van der Waals surface area contributed by atoms with E-state index in [-0.39, 0.29) is 6.10 Å². The zero-order valence-corrected chi connectivity index (χ0v) is 23.1. The van der Waals surface area contributed by atoms with Crippen LogP contribution in [-0.2, 0) is 11.3 Å². The third-order valence-corrected chi connectivity index (χ3v) is 7.84. The van der Waals surface area contributed by atoms with Gasteiger partial charge in [0.2, 0.25) is 5.95 Å². The first-order valence-electron chi connectivity index (χ1n) is 13.7. The van der Waals surface area contributed by atoms with Crippen molar-refractivity contribution < 1.29 is 4.74 Å². The van der Waals surface area contributed by atoms with Crippen molar-refractivity contribution in [3.8, 4) is 0 Å². The van der Waals surface area contributed by atoms with Crippen molar-refractivity contribution in [3.63, 3.8) is 0 Å². The molecule has 0 aliphatic carbocycles. The molecule has 204 valence electrons. The van der Waals surface area contributed by atoms with E-state index >= 15 is 0 Å². The van der Waals surface area contributed by atoms with Crippen LogP contribution in [0.15, 0.2) is 60.9 Å². The molecule has 0 saturated carbocycles. The number of aryl methyl sites for hydroxylation is 1. The summed E-state index contributed by atoms with van der Waals surface area (Å²) in [6.07, 6.45) is 4.79. The molecule has 4 heterocycles. The highest BCUT2D eigenvalue weighted by Crippen LogP contribution is 2.28. The molecular weight excluding hydrogens is 512 g/mol. The Hall–Kier alpha value is -3.24. The van der Waals surface area contributed by atoms with E-state index in [4.69, 9.17) is 26.4 Å². The van der Waals surface area contributed by atoms with Gasteiger partial charge in [0, 0.05) is 61.6 Å². The standard InChI is InChI=1S/C29H35ClN8O/c1-35-13-15-36(16-14-35)11-2-12-38-26-19-22(3-4-23(26)20-32-38)27-21-37(17-18-39-27)29-31-10-9-28(34-29)33-25-7-5-24(30)6-8-25/h3-10,19-20,27H,2,11-18,21H2,1H3,(H,31,33,34). The normalized spacial score (nSPS) is 19.0. The van der Waals surface area contributed by atoms with Gasteiger partial charge in [-0.3, -0.25) is 4.68 Å². The maximum atomic E-state index is 6.22. The second-order valence-electron chi connectivity index (χ2n) is 10.4. The molecule has 4 aromatic rings. The summed E-state index contributed by atoms with van der Waals surface area (Å²) in [7, 11) is 2.20. The van der Waals surface area contributed by atoms with Gasteiger partial charge < -0.3 is 24.8 Å². The Balaban J connectivity index is 1.11. The number of aromatic nitrogens is 4. The molecular formula is C29H35ClN8O. The van der Waals surface area contributed by atoms with Gasteiger partial charge in [-0.25, -0.2) is 4.98 Å². The van der Waals surface area contributed by atoms with Gasteiger partial charge in [-0.05, 0) is 62.0 Å². The zero-order chi connectivity index (χ0) is 26.6. The number of halogens is 1. The van der Waals surface area contributed by atoms with Gasteiger partial charge in [0.15, 0.2) is 0 Å². The number of hydrogen-bond donors (Lipinski definition) is 1. The molecule has 6 rings (SSSR count). The predicted molar refractivity (Wildman–Crippen MR) is 156 cm³/mol. The van der Waals surface area contributed by atoms with E-state index in [2.05, 4.69) is 54.9 Å². The fourth-order valence-electron chi connectivity index (χ4n) is 5.27. The summed E-state index contributed by atoms with van der Waals surface area (Å²) in [5, 5.41) is 9.89. The van der Waals surface area contributed by atoms with Crippen molar-refractivity contribution in [2.24, 2.45) is 0 Å². The molecule has 1 N–H and O–H groups in total. The lowest BCUT2D eigenvalue weighted by Gasteiger charge is -2.33. The van der Waals surface area contributed by atoms with E-state index in [0.29, 0.717) is 24.1 Å². The number of nitrogens with zero attached hydrogens (tertiary/aromatic N) is 7. The van der Waals surface area contributed by atoms with Crippen LogP contribution in [0.1, 0.15) is 18.1 Å². The minimum Gasteiger partial charge on any atom is -0.370 e. The summed E-state index contributed by atoms with van der Waals surface area (Å²) in [5.74, 6) is 1.43. The van der Waals surface area contributed by atoms with Crippen molar-refractivity contribution in [3.05, 3.63) is 71.5 Å². The third kappa shape index (κ3) is 6.33. The van der Waals surface area contributed by atoms with Gasteiger partial charge in [-0.15, -0.1) is 0 Å². The fourth-order valence-corrected chi connectivity index (χ4v) is 5.39. The summed E-state index contributed by atoms with van der Waals surface area (Å²) in [6.45, 7) is 8.69. The maximum Gasteiger partial charge on any atom is 0.227 e. The molecule has 0 amide bonds. The number of piperazine rings is 1. The highest BCUT2D eigenvalue weighted by molar-refractivity contribution is 6.30. The molecule has 0 radical (unpaired) electrons. The van der Waals surface area contributed by atoms with Gasteiger partial charge in [0.25, 0.3) is 0 Å². The van der Waals surface area contributed by atoms with Crippen LogP contribution >= 0.6 is 11.6 Å². The summed E-state index contributed by atoms with van der Waals surface area (Å²) in [5.41, 5.74) is 3.25. The highest BCUT2D eigenvalue weighted by atomic mass is 35.5. The van der Waals surface area contributed by atoms with E-state index in [1.165, 1.54) is 0 Å². The van der Waals surface area contributed by atoms with Crippen molar-refractivity contribution >= 4 is 40.0 Å². The second-order valence-corrected chi connectivity index (χ2v) is 10.8. The summed E-state index contributed by atoms with van der Waals surface area (Å²) < 4.78 is 8.37. The lowest BCUT2D eigenvalue weighted by molar-refractivity contribution is 0.0393. The number of fused-ring (bicyclic) bond motifs is 1. The molecule has 2 fully saturated rings. The Labute approximate surface area is 234 Å². The van der Waals surface area contributed by atoms with Crippen LogP contribution in [0.5, 0.6) is 0 Å². The lowest BCUT2D eigenvalue weighted by Crippen LogP contribution is -2.44. The number of anilines is 3. The van der Waals surface area contributed by atoms with Crippen LogP contribution in [-0.4, -0.2) is 89.0 Å². The molecule has 2 aliphatic heterocycles. The Morgan fingerprint density at radius 2 is 1.85 bits per heavy atom. The number of rotatable bonds is 8. The molecule has 2 aromatic carbocycles. The number of hydrogen-bond acceptors (Lipinski definition) is 8. The van der Waals surface area contributed by atoms with E-state index in [0.717, 1.165) is 80.2 Å². The fraction of sp³-hybridized carbons (Fsp3) is 0.414. The van der Waals surface area contributed by atoms with Crippen LogP contribution in [0, 0.1) is 0 Å².